The lowest BCUT2D eigenvalue weighted by Crippen LogP contribution is -2.30. The average molecular weight is 256 g/mol. The highest BCUT2D eigenvalue weighted by Crippen LogP contribution is 2.15. The molecule has 0 fully saturated rings. The molecule has 0 saturated heterocycles. The second-order valence-corrected chi connectivity index (χ2v) is 3.53. The van der Waals surface area contributed by atoms with Gasteiger partial charge in [-0.1, -0.05) is 6.07 Å². The van der Waals surface area contributed by atoms with Crippen LogP contribution in [-0.2, 0) is 0 Å². The molecule has 7 heteroatoms. The third-order valence-corrected chi connectivity index (χ3v) is 2.43. The van der Waals surface area contributed by atoms with Crippen LogP contribution in [0.5, 0.6) is 0 Å². The quantitative estimate of drug-likeness (QED) is 0.797. The van der Waals surface area contributed by atoms with E-state index in [9.17, 15) is 14.0 Å². The van der Waals surface area contributed by atoms with Crippen LogP contribution in [0, 0.1) is 28.5 Å². The molecule has 1 aromatic heterocycles. The molecule has 6 nitrogen and oxygen atoms in total. The van der Waals surface area contributed by atoms with Crippen LogP contribution in [0.1, 0.15) is 11.1 Å². The van der Waals surface area contributed by atoms with Crippen molar-refractivity contribution in [3.8, 4) is 17.8 Å². The second-order valence-electron chi connectivity index (χ2n) is 3.53. The van der Waals surface area contributed by atoms with Crippen LogP contribution in [0.25, 0.3) is 5.69 Å². The van der Waals surface area contributed by atoms with Gasteiger partial charge in [0, 0.05) is 6.20 Å². The van der Waals surface area contributed by atoms with E-state index in [0.29, 0.717) is 0 Å². The first-order valence-corrected chi connectivity index (χ1v) is 5.03. The van der Waals surface area contributed by atoms with Crippen molar-refractivity contribution >= 4 is 0 Å². The lowest BCUT2D eigenvalue weighted by atomic mass is 10.2. The summed E-state index contributed by atoms with van der Waals surface area (Å²) in [5.74, 6) is -0.795. The van der Waals surface area contributed by atoms with E-state index in [0.717, 1.165) is 16.8 Å². The van der Waals surface area contributed by atoms with E-state index in [1.165, 1.54) is 12.1 Å². The van der Waals surface area contributed by atoms with Crippen molar-refractivity contribution in [1.82, 2.24) is 9.55 Å². The van der Waals surface area contributed by atoms with Crippen LogP contribution >= 0.6 is 0 Å². The number of nitrogens with zero attached hydrogens (tertiary/aromatic N) is 3. The number of aromatic amines is 1. The fourth-order valence-corrected chi connectivity index (χ4v) is 1.55. The van der Waals surface area contributed by atoms with E-state index in [1.54, 1.807) is 12.1 Å². The molecule has 1 heterocycles. The molecule has 0 amide bonds. The maximum absolute atomic E-state index is 13.5. The van der Waals surface area contributed by atoms with Crippen LogP contribution < -0.4 is 11.2 Å². The Kier molecular flexibility index (Phi) is 2.96. The van der Waals surface area contributed by atoms with E-state index < -0.39 is 17.1 Å². The molecule has 92 valence electrons. The summed E-state index contributed by atoms with van der Waals surface area (Å²) in [6.45, 7) is 0. The van der Waals surface area contributed by atoms with Gasteiger partial charge in [-0.3, -0.25) is 14.3 Å². The van der Waals surface area contributed by atoms with Gasteiger partial charge in [-0.15, -0.1) is 0 Å². The van der Waals surface area contributed by atoms with Gasteiger partial charge in [0.05, 0.1) is 5.69 Å². The Morgan fingerprint density at radius 2 is 1.95 bits per heavy atom. The molecule has 0 atom stereocenters. The molecule has 1 aromatic carbocycles. The van der Waals surface area contributed by atoms with Crippen LogP contribution in [-0.4, -0.2) is 9.55 Å². The minimum absolute atomic E-state index is 0.0414. The highest BCUT2D eigenvalue weighted by Gasteiger charge is 2.12. The zero-order chi connectivity index (χ0) is 14.0. The minimum atomic E-state index is -0.855. The Morgan fingerprint density at radius 1 is 1.21 bits per heavy atom. The fourth-order valence-electron chi connectivity index (χ4n) is 1.55. The number of halogens is 1. The number of hydrogen-bond acceptors (Lipinski definition) is 4. The lowest BCUT2D eigenvalue weighted by Gasteiger charge is -2.07. The maximum Gasteiger partial charge on any atom is 0.333 e. The van der Waals surface area contributed by atoms with Gasteiger partial charge in [0.15, 0.2) is 0 Å². The highest BCUT2D eigenvalue weighted by atomic mass is 19.1. The summed E-state index contributed by atoms with van der Waals surface area (Å²) >= 11 is 0. The van der Waals surface area contributed by atoms with E-state index >= 15 is 0 Å². The molecule has 0 saturated carbocycles. The first-order valence-electron chi connectivity index (χ1n) is 5.03. The summed E-state index contributed by atoms with van der Waals surface area (Å²) in [7, 11) is 0. The van der Waals surface area contributed by atoms with Crippen LogP contribution in [0.4, 0.5) is 4.39 Å². The van der Waals surface area contributed by atoms with Gasteiger partial charge < -0.3 is 0 Å². The van der Waals surface area contributed by atoms with E-state index in [4.69, 9.17) is 10.5 Å². The van der Waals surface area contributed by atoms with Crippen molar-refractivity contribution < 1.29 is 4.39 Å². The molecule has 2 rings (SSSR count). The van der Waals surface area contributed by atoms with Gasteiger partial charge in [-0.2, -0.15) is 10.5 Å². The first-order chi connectivity index (χ1) is 9.08. The van der Waals surface area contributed by atoms with Crippen LogP contribution in [0.15, 0.2) is 34.0 Å². The zero-order valence-corrected chi connectivity index (χ0v) is 9.35. The van der Waals surface area contributed by atoms with Crippen molar-refractivity contribution in [1.29, 1.82) is 10.5 Å². The molecule has 1 N–H and O–H groups in total. The number of H-pyrrole nitrogens is 1. The average Bonchev–Trinajstić information content (AvgIpc) is 2.39. The maximum atomic E-state index is 13.5. The Labute approximate surface area is 105 Å². The SMILES string of the molecule is N#Cc1c(F)cccc1-n1cc(C#N)c(=O)[nH]c1=O. The second kappa shape index (κ2) is 4.59. The van der Waals surface area contributed by atoms with Crippen LogP contribution in [0.2, 0.25) is 0 Å². The molecule has 0 unspecified atom stereocenters. The lowest BCUT2D eigenvalue weighted by molar-refractivity contribution is 0.622. The first kappa shape index (κ1) is 12.3. The predicted molar refractivity (Wildman–Crippen MR) is 62.0 cm³/mol. The summed E-state index contributed by atoms with van der Waals surface area (Å²) in [6, 6.07) is 6.96. The molecule has 0 radical (unpaired) electrons. The van der Waals surface area contributed by atoms with E-state index in [2.05, 4.69) is 0 Å². The molecule has 0 aliphatic heterocycles. The highest BCUT2D eigenvalue weighted by molar-refractivity contribution is 5.49. The standard InChI is InChI=1S/C12H5FN4O2/c13-9-2-1-3-10(8(9)5-15)17-6-7(4-14)11(18)16-12(17)19/h1-3,6H,(H,16,18,19). The number of aromatic nitrogens is 2. The smallest absolute Gasteiger partial charge is 0.273 e. The van der Waals surface area contributed by atoms with Gasteiger partial charge in [-0.05, 0) is 12.1 Å². The topological polar surface area (TPSA) is 102 Å². The van der Waals surface area contributed by atoms with Gasteiger partial charge in [0.1, 0.15) is 29.1 Å². The summed E-state index contributed by atoms with van der Waals surface area (Å²) in [5, 5.41) is 17.6. The van der Waals surface area contributed by atoms with Gasteiger partial charge in [-0.25, -0.2) is 9.18 Å². The Hall–Kier alpha value is -3.19. The van der Waals surface area contributed by atoms with E-state index in [-0.39, 0.29) is 16.8 Å². The number of hydrogen-bond donors (Lipinski definition) is 1. The zero-order valence-electron chi connectivity index (χ0n) is 9.35. The molecule has 0 aliphatic carbocycles. The van der Waals surface area contributed by atoms with E-state index in [1.807, 2.05) is 4.98 Å². The third-order valence-electron chi connectivity index (χ3n) is 2.43. The molecule has 0 spiro atoms. The Morgan fingerprint density at radius 3 is 2.58 bits per heavy atom. The van der Waals surface area contributed by atoms with Crippen molar-refractivity contribution in [3.05, 3.63) is 62.2 Å². The predicted octanol–water partition coefficient (Wildman–Crippen LogP) is 0.408. The summed E-state index contributed by atoms with van der Waals surface area (Å²) in [4.78, 5) is 24.8. The summed E-state index contributed by atoms with van der Waals surface area (Å²) in [5.41, 5.74) is -2.39. The molecule has 19 heavy (non-hydrogen) atoms. The number of nitriles is 2. The molecule has 0 bridgehead atoms. The normalized spacial score (nSPS) is 9.63. The molecule has 2 aromatic rings. The van der Waals surface area contributed by atoms with Gasteiger partial charge >= 0.3 is 5.69 Å². The van der Waals surface area contributed by atoms with Crippen molar-refractivity contribution in [2.24, 2.45) is 0 Å². The van der Waals surface area contributed by atoms with Crippen LogP contribution in [0.3, 0.4) is 0 Å². The van der Waals surface area contributed by atoms with Crippen molar-refractivity contribution in [3.63, 3.8) is 0 Å². The monoisotopic (exact) mass is 256 g/mol. The number of rotatable bonds is 1. The molecular weight excluding hydrogens is 251 g/mol. The van der Waals surface area contributed by atoms with Crippen molar-refractivity contribution in [2.75, 3.05) is 0 Å². The Balaban J connectivity index is 2.86. The third kappa shape index (κ3) is 2.01. The summed E-state index contributed by atoms with van der Waals surface area (Å²) < 4.78 is 14.3. The Bertz CT molecular complexity index is 852. The van der Waals surface area contributed by atoms with Gasteiger partial charge in [0.2, 0.25) is 0 Å². The molecular formula is C12H5FN4O2. The summed E-state index contributed by atoms with van der Waals surface area (Å²) in [6.07, 6.45) is 0.969. The number of benzene rings is 1. The van der Waals surface area contributed by atoms with Gasteiger partial charge in [0.25, 0.3) is 5.56 Å². The molecule has 0 aliphatic rings. The fraction of sp³-hybridized carbons (Fsp3) is 0. The largest absolute Gasteiger partial charge is 0.333 e. The minimum Gasteiger partial charge on any atom is -0.273 e. The van der Waals surface area contributed by atoms with Crippen molar-refractivity contribution in [2.45, 2.75) is 0 Å². The number of nitrogens with one attached hydrogen (secondary N) is 1.